The molecule has 13 nitrogen and oxygen atoms in total. The number of aliphatic hydroxyl groups excluding tert-OH is 2. The lowest BCUT2D eigenvalue weighted by molar-refractivity contribution is -0.142. The van der Waals surface area contributed by atoms with Crippen molar-refractivity contribution in [2.24, 2.45) is 0 Å². The molecule has 2 aromatic heterocycles. The Kier molecular flexibility index (Phi) is 8.89. The van der Waals surface area contributed by atoms with Crippen LogP contribution in [0.2, 0.25) is 0 Å². The molecule has 2 aromatic carbocycles. The van der Waals surface area contributed by atoms with Crippen LogP contribution in [0.4, 0.5) is 0 Å². The van der Waals surface area contributed by atoms with Gasteiger partial charge in [-0.3, -0.25) is 9.32 Å². The van der Waals surface area contributed by atoms with E-state index in [2.05, 4.69) is 15.2 Å². The van der Waals surface area contributed by atoms with E-state index in [-0.39, 0.29) is 17.9 Å². The maximum atomic E-state index is 14.2. The first-order valence-electron chi connectivity index (χ1n) is 13.3. The number of hydrogen-bond acceptors (Lipinski definition) is 11. The molecule has 1 unspecified atom stereocenters. The van der Waals surface area contributed by atoms with Crippen LogP contribution in [-0.4, -0.2) is 68.9 Å². The zero-order valence-electron chi connectivity index (χ0n) is 23.3. The van der Waals surface area contributed by atoms with Crippen LogP contribution in [0.25, 0.3) is 5.52 Å². The molecular formula is C29H30N5O8P. The van der Waals surface area contributed by atoms with E-state index >= 15 is 0 Å². The van der Waals surface area contributed by atoms with Crippen molar-refractivity contribution in [2.75, 3.05) is 13.7 Å². The Morgan fingerprint density at radius 1 is 1.16 bits per heavy atom. The Morgan fingerprint density at radius 3 is 2.53 bits per heavy atom. The first-order valence-corrected chi connectivity index (χ1v) is 14.9. The number of aromatic nitrogens is 3. The van der Waals surface area contributed by atoms with Gasteiger partial charge in [0.2, 0.25) is 5.60 Å². The number of nitrogens with zero attached hydrogens (tertiary/aromatic N) is 4. The molecule has 5 rings (SSSR count). The third-order valence-electron chi connectivity index (χ3n) is 7.11. The molecule has 0 aliphatic carbocycles. The number of aryl methyl sites for hydroxylation is 1. The van der Waals surface area contributed by atoms with E-state index in [0.29, 0.717) is 11.2 Å². The van der Waals surface area contributed by atoms with Gasteiger partial charge < -0.3 is 24.2 Å². The minimum atomic E-state index is -4.39. The largest absolute Gasteiger partial charge is 0.468 e. The predicted molar refractivity (Wildman–Crippen MR) is 152 cm³/mol. The van der Waals surface area contributed by atoms with Gasteiger partial charge in [0.25, 0.3) is 0 Å². The van der Waals surface area contributed by atoms with Crippen molar-refractivity contribution < 1.29 is 38.1 Å². The van der Waals surface area contributed by atoms with Crippen LogP contribution in [0.3, 0.4) is 0 Å². The molecule has 3 heterocycles. The van der Waals surface area contributed by atoms with Gasteiger partial charge in [0.05, 0.1) is 30.6 Å². The van der Waals surface area contributed by atoms with Gasteiger partial charge in [-0.15, -0.1) is 0 Å². The maximum absolute atomic E-state index is 14.2. The summed E-state index contributed by atoms with van der Waals surface area (Å²) in [6.07, 6.45) is -3.28. The number of nitriles is 1. The van der Waals surface area contributed by atoms with Crippen molar-refractivity contribution in [3.8, 4) is 11.8 Å². The molecule has 1 saturated heterocycles. The molecule has 0 bridgehead atoms. The van der Waals surface area contributed by atoms with Gasteiger partial charge in [-0.05, 0) is 43.2 Å². The third-order valence-corrected chi connectivity index (χ3v) is 8.68. The van der Waals surface area contributed by atoms with Crippen LogP contribution in [0.15, 0.2) is 79.1 Å². The Hall–Kier alpha value is -4.15. The van der Waals surface area contributed by atoms with Crippen molar-refractivity contribution in [3.63, 3.8) is 0 Å². The van der Waals surface area contributed by atoms with Crippen molar-refractivity contribution in [3.05, 3.63) is 96.1 Å². The summed E-state index contributed by atoms with van der Waals surface area (Å²) in [5, 5.41) is 39.1. The molecule has 43 heavy (non-hydrogen) atoms. The summed E-state index contributed by atoms with van der Waals surface area (Å²) in [5.41, 5.74) is 0.0872. The number of carbonyl (C=O) groups is 1. The predicted octanol–water partition coefficient (Wildman–Crippen LogP) is 2.45. The Balaban J connectivity index is 1.41. The van der Waals surface area contributed by atoms with Crippen LogP contribution < -0.4 is 9.61 Å². The molecule has 0 amide bonds. The molecular weight excluding hydrogens is 577 g/mol. The summed E-state index contributed by atoms with van der Waals surface area (Å²) in [5.74, 6) is -0.534. The van der Waals surface area contributed by atoms with E-state index in [0.717, 1.165) is 5.56 Å². The van der Waals surface area contributed by atoms with Gasteiger partial charge in [0.1, 0.15) is 42.5 Å². The highest BCUT2D eigenvalue weighted by atomic mass is 31.2. The first kappa shape index (κ1) is 30.3. The SMILES string of the molecule is COC(=O)[C@H](Cc1ccccc1)NP(=O)(OC[C@H]1O[C@@](C#N)(c2ccc3c(C)ncnn23)[C@H](O)[C@@H]1O)Oc1ccccc1. The van der Waals surface area contributed by atoms with E-state index in [1.54, 1.807) is 73.7 Å². The fourth-order valence-corrected chi connectivity index (χ4v) is 6.40. The lowest BCUT2D eigenvalue weighted by Gasteiger charge is -2.26. The van der Waals surface area contributed by atoms with E-state index in [4.69, 9.17) is 18.5 Å². The average molecular weight is 608 g/mol. The number of nitrogens with one attached hydrogen (secondary N) is 1. The standard InChI is InChI=1S/C29H30N5O8P/c1-19-23-13-14-25(34(23)32-18-31-19)29(17-30)27(36)26(35)24(41-29)16-40-43(38,42-21-11-7-4-8-12-21)33-22(28(37)39-2)15-20-9-5-3-6-10-20/h3-14,18,22,24,26-27,35-36H,15-16H2,1-2H3,(H,33,38)/t22-,24+,26+,27+,29-,43?/m0/s1. The summed E-state index contributed by atoms with van der Waals surface area (Å²) in [6.45, 7) is 1.17. The minimum Gasteiger partial charge on any atom is -0.468 e. The first-order chi connectivity index (χ1) is 20.7. The van der Waals surface area contributed by atoms with Gasteiger partial charge >= 0.3 is 13.7 Å². The van der Waals surface area contributed by atoms with E-state index in [1.165, 1.54) is 18.0 Å². The van der Waals surface area contributed by atoms with Gasteiger partial charge in [-0.1, -0.05) is 48.5 Å². The number of aliphatic hydroxyl groups is 2. The van der Waals surface area contributed by atoms with E-state index in [9.17, 15) is 24.8 Å². The molecule has 0 radical (unpaired) electrons. The number of carbonyl (C=O) groups excluding carboxylic acids is 1. The lowest BCUT2D eigenvalue weighted by atomic mass is 9.92. The Morgan fingerprint density at radius 2 is 1.86 bits per heavy atom. The van der Waals surface area contributed by atoms with Gasteiger partial charge in [-0.25, -0.2) is 14.1 Å². The second-order valence-electron chi connectivity index (χ2n) is 9.89. The number of fused-ring (bicyclic) bond motifs is 1. The highest BCUT2D eigenvalue weighted by molar-refractivity contribution is 7.52. The van der Waals surface area contributed by atoms with Gasteiger partial charge in [0, 0.05) is 0 Å². The summed E-state index contributed by atoms with van der Waals surface area (Å²) in [4.78, 5) is 16.9. The number of benzene rings is 2. The van der Waals surface area contributed by atoms with Crippen molar-refractivity contribution in [2.45, 2.75) is 43.3 Å². The van der Waals surface area contributed by atoms with E-state index in [1.807, 2.05) is 12.1 Å². The zero-order chi connectivity index (χ0) is 30.6. The quantitative estimate of drug-likeness (QED) is 0.168. The molecule has 0 spiro atoms. The minimum absolute atomic E-state index is 0.0976. The second-order valence-corrected chi connectivity index (χ2v) is 11.6. The molecule has 3 N–H and O–H groups in total. The number of esters is 1. The second kappa shape index (κ2) is 12.6. The van der Waals surface area contributed by atoms with Crippen molar-refractivity contribution in [1.82, 2.24) is 19.7 Å². The number of ether oxygens (including phenoxy) is 2. The van der Waals surface area contributed by atoms with Crippen LogP contribution in [0, 0.1) is 18.3 Å². The Labute approximate surface area is 247 Å². The summed E-state index contributed by atoms with van der Waals surface area (Å²) in [7, 11) is -3.18. The summed E-state index contributed by atoms with van der Waals surface area (Å²) >= 11 is 0. The molecule has 4 aromatic rings. The number of rotatable bonds is 11. The molecule has 1 aliphatic heterocycles. The smallest absolute Gasteiger partial charge is 0.459 e. The third kappa shape index (κ3) is 6.16. The lowest BCUT2D eigenvalue weighted by Crippen LogP contribution is -2.41. The fourth-order valence-electron chi connectivity index (χ4n) is 4.90. The van der Waals surface area contributed by atoms with Crippen LogP contribution in [-0.2, 0) is 35.4 Å². The summed E-state index contributed by atoms with van der Waals surface area (Å²) in [6, 6.07) is 21.2. The molecule has 0 saturated carbocycles. The molecule has 1 fully saturated rings. The molecule has 224 valence electrons. The zero-order valence-corrected chi connectivity index (χ0v) is 24.2. The Bertz CT molecular complexity index is 1660. The average Bonchev–Trinajstić information content (AvgIpc) is 3.56. The van der Waals surface area contributed by atoms with Crippen LogP contribution in [0.5, 0.6) is 5.75 Å². The molecule has 1 aliphatic rings. The van der Waals surface area contributed by atoms with Crippen molar-refractivity contribution in [1.29, 1.82) is 5.26 Å². The number of para-hydroxylation sites is 1. The normalized spacial score (nSPS) is 23.7. The highest BCUT2D eigenvalue weighted by Crippen LogP contribution is 2.47. The maximum Gasteiger partial charge on any atom is 0.459 e. The van der Waals surface area contributed by atoms with Gasteiger partial charge in [-0.2, -0.15) is 15.4 Å². The number of methoxy groups -OCH3 is 1. The molecule has 14 heteroatoms. The van der Waals surface area contributed by atoms with Crippen LogP contribution >= 0.6 is 7.75 Å². The topological polar surface area (TPSA) is 178 Å². The fraction of sp³-hybridized carbons (Fsp3) is 0.310. The van der Waals surface area contributed by atoms with Crippen LogP contribution in [0.1, 0.15) is 17.0 Å². The van der Waals surface area contributed by atoms with E-state index < -0.39 is 50.3 Å². The number of hydrogen-bond donors (Lipinski definition) is 3. The van der Waals surface area contributed by atoms with Crippen molar-refractivity contribution >= 4 is 19.2 Å². The summed E-state index contributed by atoms with van der Waals surface area (Å²) < 4.78 is 38.0. The molecule has 6 atom stereocenters. The highest BCUT2D eigenvalue weighted by Gasteiger charge is 2.58. The van der Waals surface area contributed by atoms with Gasteiger partial charge in [0.15, 0.2) is 0 Å². The monoisotopic (exact) mass is 607 g/mol.